The van der Waals surface area contributed by atoms with E-state index in [0.717, 1.165) is 25.4 Å². The van der Waals surface area contributed by atoms with E-state index in [-0.39, 0.29) is 5.41 Å². The number of aromatic nitrogens is 2. The highest BCUT2D eigenvalue weighted by molar-refractivity contribution is 7.07. The number of hydrogen-bond acceptors (Lipinski definition) is 5. The van der Waals surface area contributed by atoms with Gasteiger partial charge in [-0.3, -0.25) is 0 Å². The lowest BCUT2D eigenvalue weighted by atomic mass is 9.96. The van der Waals surface area contributed by atoms with E-state index in [2.05, 4.69) is 35.4 Å². The lowest BCUT2D eigenvalue weighted by Crippen LogP contribution is -2.35. The maximum Gasteiger partial charge on any atom is 0.293 e. The van der Waals surface area contributed by atoms with Gasteiger partial charge in [-0.1, -0.05) is 27.2 Å². The van der Waals surface area contributed by atoms with Gasteiger partial charge in [-0.15, -0.1) is 0 Å². The predicted molar refractivity (Wildman–Crippen MR) is 74.4 cm³/mol. The van der Waals surface area contributed by atoms with E-state index in [1.165, 1.54) is 30.8 Å². The summed E-state index contributed by atoms with van der Waals surface area (Å²) in [5.41, 5.74) is 0.00301. The summed E-state index contributed by atoms with van der Waals surface area (Å²) in [5, 5.41) is 4.23. The van der Waals surface area contributed by atoms with E-state index < -0.39 is 0 Å². The monoisotopic (exact) mass is 269 g/mol. The number of hydrogen-bond donors (Lipinski definition) is 1. The van der Waals surface area contributed by atoms with Gasteiger partial charge in [-0.25, -0.2) is 0 Å². The van der Waals surface area contributed by atoms with Gasteiger partial charge in [0.1, 0.15) is 0 Å². The van der Waals surface area contributed by atoms with E-state index in [1.807, 2.05) is 0 Å². The highest BCUT2D eigenvalue weighted by atomic mass is 32.1. The van der Waals surface area contributed by atoms with Crippen molar-refractivity contribution in [2.45, 2.75) is 57.9 Å². The second-order valence-corrected chi connectivity index (χ2v) is 6.63. The van der Waals surface area contributed by atoms with E-state index in [0.29, 0.717) is 11.2 Å². The van der Waals surface area contributed by atoms with Crippen LogP contribution in [-0.4, -0.2) is 28.6 Å². The molecule has 0 aromatic carbocycles. The normalized spacial score (nSPS) is 20.9. The van der Waals surface area contributed by atoms with Crippen molar-refractivity contribution in [3.05, 3.63) is 5.82 Å². The Morgan fingerprint density at radius 3 is 2.83 bits per heavy atom. The molecule has 1 fully saturated rings. The van der Waals surface area contributed by atoms with E-state index in [1.54, 1.807) is 0 Å². The minimum atomic E-state index is 0.00301. The smallest absolute Gasteiger partial charge is 0.293 e. The first-order valence-electron chi connectivity index (χ1n) is 6.76. The molecule has 0 aliphatic carbocycles. The molecule has 4 nitrogen and oxygen atoms in total. The summed E-state index contributed by atoms with van der Waals surface area (Å²) in [4.78, 5) is 4.43. The Morgan fingerprint density at radius 2 is 2.22 bits per heavy atom. The minimum Gasteiger partial charge on any atom is -0.469 e. The molecule has 0 saturated carbocycles. The van der Waals surface area contributed by atoms with Crippen LogP contribution in [0, 0.1) is 0 Å². The van der Waals surface area contributed by atoms with Gasteiger partial charge in [-0.2, -0.15) is 9.36 Å². The molecule has 102 valence electrons. The van der Waals surface area contributed by atoms with Gasteiger partial charge in [0.25, 0.3) is 5.19 Å². The van der Waals surface area contributed by atoms with Gasteiger partial charge in [0, 0.05) is 23.0 Å². The number of nitrogens with one attached hydrogen (secondary N) is 1. The average molecular weight is 269 g/mol. The standard InChI is InChI=1S/C13H23N3OS/c1-13(2,3)11-15-12(18-16-11)17-9-7-10-6-4-5-8-14-10/h10,14H,4-9H2,1-3H3. The van der Waals surface area contributed by atoms with Crippen LogP contribution in [0.2, 0.25) is 0 Å². The molecular formula is C13H23N3OS. The zero-order valence-corrected chi connectivity index (χ0v) is 12.3. The van der Waals surface area contributed by atoms with E-state index in [9.17, 15) is 0 Å². The zero-order chi connectivity index (χ0) is 13.0. The summed E-state index contributed by atoms with van der Waals surface area (Å²) in [6.07, 6.45) is 4.98. The minimum absolute atomic E-state index is 0.00301. The molecule has 1 aliphatic rings. The molecule has 0 radical (unpaired) electrons. The molecule has 1 aromatic heterocycles. The fourth-order valence-corrected chi connectivity index (χ4v) is 2.77. The molecular weight excluding hydrogens is 246 g/mol. The molecule has 5 heteroatoms. The van der Waals surface area contributed by atoms with Crippen molar-refractivity contribution < 1.29 is 4.74 Å². The Morgan fingerprint density at radius 1 is 1.39 bits per heavy atom. The molecule has 0 amide bonds. The van der Waals surface area contributed by atoms with Gasteiger partial charge in [0.15, 0.2) is 5.82 Å². The number of nitrogens with zero attached hydrogens (tertiary/aromatic N) is 2. The summed E-state index contributed by atoms with van der Waals surface area (Å²) in [6, 6.07) is 0.619. The third-order valence-electron chi connectivity index (χ3n) is 3.18. The zero-order valence-electron chi connectivity index (χ0n) is 11.5. The first kappa shape index (κ1) is 13.7. The molecule has 1 aromatic rings. The highest BCUT2D eigenvalue weighted by Crippen LogP contribution is 2.24. The quantitative estimate of drug-likeness (QED) is 0.913. The second-order valence-electron chi connectivity index (χ2n) is 5.92. The molecule has 18 heavy (non-hydrogen) atoms. The summed E-state index contributed by atoms with van der Waals surface area (Å²) >= 11 is 1.36. The first-order chi connectivity index (χ1) is 8.55. The fraction of sp³-hybridized carbons (Fsp3) is 0.846. The highest BCUT2D eigenvalue weighted by Gasteiger charge is 2.20. The first-order valence-corrected chi connectivity index (χ1v) is 7.53. The van der Waals surface area contributed by atoms with Crippen molar-refractivity contribution in [1.29, 1.82) is 0 Å². The van der Waals surface area contributed by atoms with Crippen LogP contribution in [0.25, 0.3) is 0 Å². The Bertz CT molecular complexity index is 367. The molecule has 0 bridgehead atoms. The van der Waals surface area contributed by atoms with Gasteiger partial charge >= 0.3 is 0 Å². The SMILES string of the molecule is CC(C)(C)c1nsc(OCCC2CCCCN2)n1. The van der Waals surface area contributed by atoms with Crippen LogP contribution >= 0.6 is 11.5 Å². The lowest BCUT2D eigenvalue weighted by molar-refractivity contribution is 0.266. The van der Waals surface area contributed by atoms with Crippen molar-refractivity contribution in [2.24, 2.45) is 0 Å². The molecule has 2 heterocycles. The van der Waals surface area contributed by atoms with Crippen LogP contribution in [0.1, 0.15) is 52.3 Å². The average Bonchev–Trinajstić information content (AvgIpc) is 2.79. The molecule has 2 rings (SSSR count). The Hall–Kier alpha value is -0.680. The topological polar surface area (TPSA) is 47.0 Å². The maximum absolute atomic E-state index is 5.69. The van der Waals surface area contributed by atoms with Crippen LogP contribution in [-0.2, 0) is 5.41 Å². The third-order valence-corrected chi connectivity index (χ3v) is 3.81. The van der Waals surface area contributed by atoms with Crippen molar-refractivity contribution in [3.63, 3.8) is 0 Å². The van der Waals surface area contributed by atoms with Crippen molar-refractivity contribution in [3.8, 4) is 5.19 Å². The van der Waals surface area contributed by atoms with Crippen molar-refractivity contribution in [1.82, 2.24) is 14.7 Å². The summed E-state index contributed by atoms with van der Waals surface area (Å²) in [6.45, 7) is 8.23. The van der Waals surface area contributed by atoms with Crippen molar-refractivity contribution in [2.75, 3.05) is 13.2 Å². The predicted octanol–water partition coefficient (Wildman–Crippen LogP) is 2.75. The largest absolute Gasteiger partial charge is 0.469 e. The van der Waals surface area contributed by atoms with Crippen LogP contribution in [0.15, 0.2) is 0 Å². The number of piperidine rings is 1. The Labute approximate surface area is 113 Å². The number of rotatable bonds is 4. The molecule has 1 N–H and O–H groups in total. The van der Waals surface area contributed by atoms with Gasteiger partial charge in [0.2, 0.25) is 0 Å². The summed E-state index contributed by atoms with van der Waals surface area (Å²) in [5.74, 6) is 0.873. The molecule has 1 atom stereocenters. The Balaban J connectivity index is 1.74. The van der Waals surface area contributed by atoms with E-state index in [4.69, 9.17) is 4.74 Å². The van der Waals surface area contributed by atoms with Crippen LogP contribution in [0.4, 0.5) is 0 Å². The van der Waals surface area contributed by atoms with Gasteiger partial charge in [0.05, 0.1) is 6.61 Å². The summed E-state index contributed by atoms with van der Waals surface area (Å²) in [7, 11) is 0. The van der Waals surface area contributed by atoms with Gasteiger partial charge < -0.3 is 10.1 Å². The molecule has 1 unspecified atom stereocenters. The number of ether oxygens (including phenoxy) is 1. The molecule has 1 aliphatic heterocycles. The second kappa shape index (κ2) is 5.97. The van der Waals surface area contributed by atoms with E-state index >= 15 is 0 Å². The van der Waals surface area contributed by atoms with Gasteiger partial charge in [-0.05, 0) is 25.8 Å². The lowest BCUT2D eigenvalue weighted by Gasteiger charge is -2.22. The fourth-order valence-electron chi connectivity index (χ4n) is 2.03. The van der Waals surface area contributed by atoms with Crippen molar-refractivity contribution >= 4 is 11.5 Å². The molecule has 0 spiro atoms. The Kier molecular flexibility index (Phi) is 4.56. The van der Waals surface area contributed by atoms with Crippen LogP contribution in [0.5, 0.6) is 5.19 Å². The third kappa shape index (κ3) is 3.92. The van der Waals surface area contributed by atoms with Crippen LogP contribution < -0.4 is 10.1 Å². The maximum atomic E-state index is 5.69. The van der Waals surface area contributed by atoms with Crippen LogP contribution in [0.3, 0.4) is 0 Å². The summed E-state index contributed by atoms with van der Waals surface area (Å²) < 4.78 is 10.0. The molecule has 1 saturated heterocycles.